The molecule has 0 saturated heterocycles. The largest absolute Gasteiger partial charge is 0.481 e. The highest BCUT2D eigenvalue weighted by Crippen LogP contribution is 2.31. The molecule has 0 bridgehead atoms. The topological polar surface area (TPSA) is 97.5 Å². The summed E-state index contributed by atoms with van der Waals surface area (Å²) in [6.07, 6.45) is 9.72. The molecule has 0 spiro atoms. The summed E-state index contributed by atoms with van der Waals surface area (Å²) in [4.78, 5) is 15.6. The van der Waals surface area contributed by atoms with Crippen LogP contribution in [0.25, 0.3) is 0 Å². The fourth-order valence-electron chi connectivity index (χ4n) is 3.53. The van der Waals surface area contributed by atoms with Crippen molar-refractivity contribution < 1.29 is 19.2 Å². The fraction of sp³-hybridized carbons (Fsp3) is 0.833. The molecule has 1 atom stereocenters. The number of rotatable bonds is 12. The van der Waals surface area contributed by atoms with Crippen molar-refractivity contribution in [2.75, 3.05) is 20.3 Å². The van der Waals surface area contributed by atoms with Crippen LogP contribution in [0.15, 0.2) is 4.52 Å². The fourth-order valence-corrected chi connectivity index (χ4v) is 3.53. The van der Waals surface area contributed by atoms with Gasteiger partial charge in [0.15, 0.2) is 5.82 Å². The highest BCUT2D eigenvalue weighted by atomic mass is 16.5. The number of aliphatic carboxylic acids is 1. The van der Waals surface area contributed by atoms with Crippen LogP contribution in [0, 0.1) is 5.92 Å². The lowest BCUT2D eigenvalue weighted by atomic mass is 9.84. The predicted octanol–water partition coefficient (Wildman–Crippen LogP) is 3.11. The summed E-state index contributed by atoms with van der Waals surface area (Å²) in [6, 6.07) is 0. The van der Waals surface area contributed by atoms with Crippen LogP contribution in [-0.4, -0.2) is 41.5 Å². The van der Waals surface area contributed by atoms with Crippen molar-refractivity contribution in [3.63, 3.8) is 0 Å². The van der Waals surface area contributed by atoms with Gasteiger partial charge >= 0.3 is 5.97 Å². The van der Waals surface area contributed by atoms with E-state index in [1.807, 2.05) is 0 Å². The van der Waals surface area contributed by atoms with Gasteiger partial charge in [-0.15, -0.1) is 0 Å². The van der Waals surface area contributed by atoms with E-state index in [2.05, 4.69) is 15.5 Å². The quantitative estimate of drug-likeness (QED) is 0.557. The van der Waals surface area contributed by atoms with E-state index in [9.17, 15) is 9.90 Å². The van der Waals surface area contributed by atoms with Crippen LogP contribution >= 0.6 is 0 Å². The number of carboxylic acids is 1. The van der Waals surface area contributed by atoms with Gasteiger partial charge in [0.2, 0.25) is 5.89 Å². The van der Waals surface area contributed by atoms with Gasteiger partial charge in [-0.1, -0.05) is 50.1 Å². The van der Waals surface area contributed by atoms with Crippen molar-refractivity contribution in [2.24, 2.45) is 5.92 Å². The lowest BCUT2D eigenvalue weighted by Crippen LogP contribution is -2.19. The van der Waals surface area contributed by atoms with Gasteiger partial charge in [-0.2, -0.15) is 4.98 Å². The van der Waals surface area contributed by atoms with Crippen LogP contribution in [0.3, 0.4) is 0 Å². The molecule has 0 amide bonds. The van der Waals surface area contributed by atoms with Crippen LogP contribution < -0.4 is 5.32 Å². The summed E-state index contributed by atoms with van der Waals surface area (Å²) >= 11 is 0. The summed E-state index contributed by atoms with van der Waals surface area (Å²) in [5.41, 5.74) is 0. The zero-order chi connectivity index (χ0) is 17.9. The monoisotopic (exact) mass is 353 g/mol. The van der Waals surface area contributed by atoms with E-state index in [4.69, 9.17) is 9.26 Å². The predicted molar refractivity (Wildman–Crippen MR) is 93.3 cm³/mol. The van der Waals surface area contributed by atoms with Gasteiger partial charge in [0.05, 0.1) is 19.6 Å². The Morgan fingerprint density at radius 1 is 1.40 bits per heavy atom. The van der Waals surface area contributed by atoms with E-state index >= 15 is 0 Å². The standard InChI is InChI=1S/C18H31N3O4/c1-24-11-10-19-13-16-20-18(25-21-16)15(12-17(22)23)9-5-8-14-6-3-2-4-7-14/h14-15,19H,2-13H2,1H3,(H,22,23)/t15-/m1/s1. The van der Waals surface area contributed by atoms with Gasteiger partial charge in [-0.3, -0.25) is 4.79 Å². The van der Waals surface area contributed by atoms with Crippen molar-refractivity contribution >= 4 is 5.97 Å². The molecular weight excluding hydrogens is 322 g/mol. The molecule has 0 unspecified atom stereocenters. The van der Waals surface area contributed by atoms with E-state index in [1.165, 1.54) is 38.5 Å². The second-order valence-corrected chi connectivity index (χ2v) is 6.95. The van der Waals surface area contributed by atoms with Crippen LogP contribution in [0.4, 0.5) is 0 Å². The van der Waals surface area contributed by atoms with Crippen LogP contribution in [0.2, 0.25) is 0 Å². The van der Waals surface area contributed by atoms with E-state index < -0.39 is 5.97 Å². The van der Waals surface area contributed by atoms with Gasteiger partial charge in [-0.05, 0) is 12.3 Å². The molecular formula is C18H31N3O4. The third kappa shape index (κ3) is 7.52. The lowest BCUT2D eigenvalue weighted by molar-refractivity contribution is -0.137. The summed E-state index contributed by atoms with van der Waals surface area (Å²) < 4.78 is 10.3. The molecule has 1 aliphatic carbocycles. The minimum atomic E-state index is -0.819. The molecule has 1 aliphatic rings. The van der Waals surface area contributed by atoms with E-state index in [0.717, 1.165) is 18.8 Å². The molecule has 2 N–H and O–H groups in total. The Morgan fingerprint density at radius 3 is 2.92 bits per heavy atom. The molecule has 1 heterocycles. The first kappa shape index (κ1) is 19.8. The molecule has 0 aliphatic heterocycles. The maximum absolute atomic E-state index is 11.2. The first-order valence-corrected chi connectivity index (χ1v) is 9.43. The van der Waals surface area contributed by atoms with Crippen molar-refractivity contribution in [3.05, 3.63) is 11.7 Å². The Morgan fingerprint density at radius 2 is 2.20 bits per heavy atom. The summed E-state index contributed by atoms with van der Waals surface area (Å²) in [5, 5.41) is 16.3. The molecule has 1 fully saturated rings. The molecule has 7 nitrogen and oxygen atoms in total. The Kier molecular flexibility index (Phi) is 8.90. The van der Waals surface area contributed by atoms with Crippen LogP contribution in [0.1, 0.15) is 75.4 Å². The molecule has 7 heteroatoms. The van der Waals surface area contributed by atoms with Gasteiger partial charge < -0.3 is 19.7 Å². The maximum Gasteiger partial charge on any atom is 0.304 e. The minimum absolute atomic E-state index is 0.0450. The molecule has 0 aromatic carbocycles. The number of nitrogens with one attached hydrogen (secondary N) is 1. The molecule has 1 aromatic rings. The van der Waals surface area contributed by atoms with E-state index in [0.29, 0.717) is 31.4 Å². The molecule has 0 radical (unpaired) electrons. The number of carbonyl (C=O) groups is 1. The number of hydrogen-bond donors (Lipinski definition) is 2. The van der Waals surface area contributed by atoms with Gasteiger partial charge in [0.1, 0.15) is 0 Å². The van der Waals surface area contributed by atoms with Gasteiger partial charge in [0, 0.05) is 19.6 Å². The van der Waals surface area contributed by atoms with Crippen molar-refractivity contribution in [2.45, 2.75) is 70.3 Å². The second kappa shape index (κ2) is 11.2. The Labute approximate surface area is 149 Å². The van der Waals surface area contributed by atoms with Crippen molar-refractivity contribution in [1.82, 2.24) is 15.5 Å². The van der Waals surface area contributed by atoms with Crippen LogP contribution in [0.5, 0.6) is 0 Å². The Bertz CT molecular complexity index is 500. The minimum Gasteiger partial charge on any atom is -0.481 e. The number of ether oxygens (including phenoxy) is 1. The van der Waals surface area contributed by atoms with Crippen LogP contribution in [-0.2, 0) is 16.1 Å². The maximum atomic E-state index is 11.2. The summed E-state index contributed by atoms with van der Waals surface area (Å²) in [7, 11) is 1.65. The summed E-state index contributed by atoms with van der Waals surface area (Å²) in [6.45, 7) is 1.82. The number of nitrogens with zero attached hydrogens (tertiary/aromatic N) is 2. The number of carboxylic acid groups (broad SMARTS) is 1. The molecule has 1 aromatic heterocycles. The van der Waals surface area contributed by atoms with Gasteiger partial charge in [-0.25, -0.2) is 0 Å². The molecule has 25 heavy (non-hydrogen) atoms. The molecule has 2 rings (SSSR count). The highest BCUT2D eigenvalue weighted by molar-refractivity contribution is 5.67. The smallest absolute Gasteiger partial charge is 0.304 e. The van der Waals surface area contributed by atoms with E-state index in [1.54, 1.807) is 7.11 Å². The summed E-state index contributed by atoms with van der Waals surface area (Å²) in [5.74, 6) is 0.813. The Balaban J connectivity index is 1.81. The SMILES string of the molecule is COCCNCc1noc([C@H](CCCC2CCCCC2)CC(=O)O)n1. The van der Waals surface area contributed by atoms with Crippen molar-refractivity contribution in [3.8, 4) is 0 Å². The average molecular weight is 353 g/mol. The second-order valence-electron chi connectivity index (χ2n) is 6.95. The zero-order valence-electron chi connectivity index (χ0n) is 15.2. The lowest BCUT2D eigenvalue weighted by Gasteiger charge is -2.21. The van der Waals surface area contributed by atoms with E-state index in [-0.39, 0.29) is 12.3 Å². The molecule has 1 saturated carbocycles. The van der Waals surface area contributed by atoms with Gasteiger partial charge in [0.25, 0.3) is 0 Å². The zero-order valence-corrected chi connectivity index (χ0v) is 15.2. The van der Waals surface area contributed by atoms with Crippen molar-refractivity contribution in [1.29, 1.82) is 0 Å². The Hall–Kier alpha value is -1.47. The number of aromatic nitrogens is 2. The third-order valence-corrected chi connectivity index (χ3v) is 4.91. The number of hydrogen-bond acceptors (Lipinski definition) is 6. The molecule has 142 valence electrons. The first-order chi connectivity index (χ1) is 12.2. The highest BCUT2D eigenvalue weighted by Gasteiger charge is 2.23. The normalized spacial score (nSPS) is 16.8. The first-order valence-electron chi connectivity index (χ1n) is 9.43. The average Bonchev–Trinajstić information content (AvgIpc) is 3.07. The number of methoxy groups -OCH3 is 1. The third-order valence-electron chi connectivity index (χ3n) is 4.91.